The highest BCUT2D eigenvalue weighted by Gasteiger charge is 2.05. The molecule has 0 heterocycles. The zero-order chi connectivity index (χ0) is 15.2. The van der Waals surface area contributed by atoms with Crippen molar-refractivity contribution in [1.82, 2.24) is 0 Å². The summed E-state index contributed by atoms with van der Waals surface area (Å²) in [5.41, 5.74) is 1.40. The zero-order valence-corrected chi connectivity index (χ0v) is 14.3. The maximum Gasteiger partial charge on any atom is 0.0366 e. The molecule has 0 amide bonds. The maximum atomic E-state index is 2.59. The van der Waals surface area contributed by atoms with E-state index in [-0.39, 0.29) is 0 Å². The van der Waals surface area contributed by atoms with Gasteiger partial charge in [-0.2, -0.15) is 0 Å². The van der Waals surface area contributed by atoms with Crippen molar-refractivity contribution in [2.75, 3.05) is 18.0 Å². The minimum atomic E-state index is 1.22. The van der Waals surface area contributed by atoms with Crippen LogP contribution in [0.4, 0.5) is 5.69 Å². The normalized spacial score (nSPS) is 10.8. The average Bonchev–Trinajstić information content (AvgIpc) is 2.53. The van der Waals surface area contributed by atoms with Gasteiger partial charge >= 0.3 is 0 Å². The molecule has 0 aliphatic rings. The highest BCUT2D eigenvalue weighted by Crippen LogP contribution is 2.16. The summed E-state index contributed by atoms with van der Waals surface area (Å²) >= 11 is 0. The fraction of sp³-hybridized carbons (Fsp3) is 0.700. The molecular weight excluding hydrogens is 254 g/mol. The third kappa shape index (κ3) is 8.80. The number of nitrogens with zero attached hydrogens (tertiary/aromatic N) is 1. The Hall–Kier alpha value is -0.980. The van der Waals surface area contributed by atoms with Gasteiger partial charge < -0.3 is 4.90 Å². The van der Waals surface area contributed by atoms with E-state index in [4.69, 9.17) is 0 Å². The van der Waals surface area contributed by atoms with Gasteiger partial charge in [0.1, 0.15) is 0 Å². The quantitative estimate of drug-likeness (QED) is 0.378. The van der Waals surface area contributed by atoms with E-state index in [0.29, 0.717) is 0 Å². The molecule has 1 aromatic carbocycles. The van der Waals surface area contributed by atoms with Crippen molar-refractivity contribution in [3.63, 3.8) is 0 Å². The van der Waals surface area contributed by atoms with Gasteiger partial charge in [-0.15, -0.1) is 0 Å². The molecule has 1 nitrogen and oxygen atoms in total. The van der Waals surface area contributed by atoms with Gasteiger partial charge in [-0.25, -0.2) is 0 Å². The minimum absolute atomic E-state index is 1.22. The highest BCUT2D eigenvalue weighted by molar-refractivity contribution is 5.45. The molecule has 0 bridgehead atoms. The molecule has 0 saturated carbocycles. The van der Waals surface area contributed by atoms with Gasteiger partial charge in [0, 0.05) is 18.8 Å². The molecule has 0 N–H and O–H groups in total. The summed E-state index contributed by atoms with van der Waals surface area (Å²) in [7, 11) is 0. The third-order valence-corrected chi connectivity index (χ3v) is 4.18. The molecule has 0 fully saturated rings. The number of unbranched alkanes of at least 4 members (excludes halogenated alkanes) is 8. The van der Waals surface area contributed by atoms with Gasteiger partial charge in [0.05, 0.1) is 0 Å². The van der Waals surface area contributed by atoms with E-state index in [2.05, 4.69) is 49.1 Å². The first-order valence-corrected chi connectivity index (χ1v) is 9.18. The molecule has 1 aromatic rings. The van der Waals surface area contributed by atoms with Gasteiger partial charge in [0.2, 0.25) is 0 Å². The van der Waals surface area contributed by atoms with Crippen LogP contribution in [0.5, 0.6) is 0 Å². The number of anilines is 1. The lowest BCUT2D eigenvalue weighted by Gasteiger charge is -2.25. The minimum Gasteiger partial charge on any atom is -0.372 e. The first-order chi connectivity index (χ1) is 10.4. The van der Waals surface area contributed by atoms with Crippen LogP contribution in [0.25, 0.3) is 0 Å². The predicted molar refractivity (Wildman–Crippen MR) is 96.2 cm³/mol. The number of hydrogen-bond donors (Lipinski definition) is 0. The fourth-order valence-electron chi connectivity index (χ4n) is 2.82. The van der Waals surface area contributed by atoms with Crippen molar-refractivity contribution in [2.45, 2.75) is 78.1 Å². The first-order valence-electron chi connectivity index (χ1n) is 9.18. The van der Waals surface area contributed by atoms with Crippen LogP contribution in [0, 0.1) is 0 Å². The summed E-state index contributed by atoms with van der Waals surface area (Å²) in [6.07, 6.45) is 13.7. The van der Waals surface area contributed by atoms with Gasteiger partial charge in [0.15, 0.2) is 0 Å². The van der Waals surface area contributed by atoms with Crippen LogP contribution in [-0.2, 0) is 0 Å². The lowest BCUT2D eigenvalue weighted by molar-refractivity contribution is 0.577. The third-order valence-electron chi connectivity index (χ3n) is 4.18. The monoisotopic (exact) mass is 289 g/mol. The van der Waals surface area contributed by atoms with Crippen LogP contribution in [0.1, 0.15) is 78.1 Å². The Balaban J connectivity index is 2.26. The Morgan fingerprint density at radius 1 is 0.619 bits per heavy atom. The Bertz CT molecular complexity index is 320. The maximum absolute atomic E-state index is 2.59. The van der Waals surface area contributed by atoms with Crippen LogP contribution in [0.15, 0.2) is 30.3 Å². The summed E-state index contributed by atoms with van der Waals surface area (Å²) in [4.78, 5) is 2.59. The van der Waals surface area contributed by atoms with Crippen molar-refractivity contribution in [3.05, 3.63) is 30.3 Å². The lowest BCUT2D eigenvalue weighted by Crippen LogP contribution is -2.25. The van der Waals surface area contributed by atoms with E-state index >= 15 is 0 Å². The molecule has 0 aromatic heterocycles. The first kappa shape index (κ1) is 18.1. The topological polar surface area (TPSA) is 3.24 Å². The lowest BCUT2D eigenvalue weighted by atomic mass is 10.1. The van der Waals surface area contributed by atoms with Crippen LogP contribution in [0.3, 0.4) is 0 Å². The van der Waals surface area contributed by atoms with E-state index in [1.807, 2.05) is 0 Å². The average molecular weight is 290 g/mol. The molecule has 21 heavy (non-hydrogen) atoms. The summed E-state index contributed by atoms with van der Waals surface area (Å²) in [5, 5.41) is 0. The standard InChI is InChI=1S/C20H35N/c1-3-5-7-8-9-10-15-19-21(18-14-6-4-2)20-16-12-11-13-17-20/h11-13,16-17H,3-10,14-15,18-19H2,1-2H3. The van der Waals surface area contributed by atoms with Gasteiger partial charge in [-0.3, -0.25) is 0 Å². The summed E-state index contributed by atoms with van der Waals surface area (Å²) < 4.78 is 0. The van der Waals surface area contributed by atoms with Crippen LogP contribution >= 0.6 is 0 Å². The SMILES string of the molecule is CCCCCCCCCN(CCCCC)c1ccccc1. The molecule has 1 heteroatoms. The second kappa shape index (κ2) is 12.7. The zero-order valence-electron chi connectivity index (χ0n) is 14.3. The fourth-order valence-corrected chi connectivity index (χ4v) is 2.82. The van der Waals surface area contributed by atoms with Crippen LogP contribution < -0.4 is 4.90 Å². The number of rotatable bonds is 13. The summed E-state index contributed by atoms with van der Waals surface area (Å²) in [5.74, 6) is 0. The molecule has 0 aliphatic carbocycles. The van der Waals surface area contributed by atoms with E-state index in [1.165, 1.54) is 83.0 Å². The van der Waals surface area contributed by atoms with Crippen molar-refractivity contribution < 1.29 is 0 Å². The van der Waals surface area contributed by atoms with Crippen LogP contribution in [0.2, 0.25) is 0 Å². The molecule has 0 atom stereocenters. The molecule has 0 aliphatic heterocycles. The Morgan fingerprint density at radius 2 is 1.10 bits per heavy atom. The van der Waals surface area contributed by atoms with Gasteiger partial charge in [-0.1, -0.05) is 83.4 Å². The van der Waals surface area contributed by atoms with E-state index in [0.717, 1.165) is 0 Å². The smallest absolute Gasteiger partial charge is 0.0366 e. The molecule has 120 valence electrons. The Morgan fingerprint density at radius 3 is 1.71 bits per heavy atom. The molecule has 0 saturated heterocycles. The summed E-state index contributed by atoms with van der Waals surface area (Å²) in [6, 6.07) is 10.9. The van der Waals surface area contributed by atoms with E-state index in [1.54, 1.807) is 0 Å². The largest absolute Gasteiger partial charge is 0.372 e. The second-order valence-corrected chi connectivity index (χ2v) is 6.15. The molecule has 0 spiro atoms. The van der Waals surface area contributed by atoms with Crippen LogP contribution in [-0.4, -0.2) is 13.1 Å². The number of para-hydroxylation sites is 1. The van der Waals surface area contributed by atoms with Gasteiger partial charge in [0.25, 0.3) is 0 Å². The Labute approximate surface area is 132 Å². The molecule has 1 rings (SSSR count). The summed E-state index contributed by atoms with van der Waals surface area (Å²) in [6.45, 7) is 7.01. The Kier molecular flexibility index (Phi) is 11.0. The molecular formula is C20H35N. The highest BCUT2D eigenvalue weighted by atomic mass is 15.1. The number of hydrogen-bond acceptors (Lipinski definition) is 1. The van der Waals surface area contributed by atoms with Gasteiger partial charge in [-0.05, 0) is 25.0 Å². The molecule has 0 unspecified atom stereocenters. The predicted octanol–water partition coefficient (Wildman–Crippen LogP) is 6.43. The van der Waals surface area contributed by atoms with Crippen molar-refractivity contribution in [2.24, 2.45) is 0 Å². The number of benzene rings is 1. The van der Waals surface area contributed by atoms with Crippen molar-refractivity contribution in [3.8, 4) is 0 Å². The van der Waals surface area contributed by atoms with Crippen molar-refractivity contribution in [1.29, 1.82) is 0 Å². The van der Waals surface area contributed by atoms with Crippen molar-refractivity contribution >= 4 is 5.69 Å². The second-order valence-electron chi connectivity index (χ2n) is 6.15. The van der Waals surface area contributed by atoms with E-state index in [9.17, 15) is 0 Å². The van der Waals surface area contributed by atoms with E-state index < -0.39 is 0 Å². The molecule has 0 radical (unpaired) electrons.